The molecule has 0 N–H and O–H groups in total. The second-order valence-corrected chi connectivity index (χ2v) is 6.01. The van der Waals surface area contributed by atoms with E-state index < -0.39 is 6.09 Å². The third-order valence-electron chi connectivity index (χ3n) is 4.15. The van der Waals surface area contributed by atoms with Gasteiger partial charge < -0.3 is 23.5 Å². The lowest BCUT2D eigenvalue weighted by Crippen LogP contribution is -2.42. The Hall–Kier alpha value is -3.06. The number of Topliss-reactive ketones (excluding diaryl/α,β-unsaturated/α-hetero) is 1. The summed E-state index contributed by atoms with van der Waals surface area (Å²) < 4.78 is 21.7. The Kier molecular flexibility index (Phi) is 4.22. The summed E-state index contributed by atoms with van der Waals surface area (Å²) in [6.07, 6.45) is 1.11. The van der Waals surface area contributed by atoms with Gasteiger partial charge in [0.1, 0.15) is 23.0 Å². The quantitative estimate of drug-likeness (QED) is 0.771. The molecule has 1 aromatic heterocycles. The van der Waals surface area contributed by atoms with Crippen LogP contribution in [0.15, 0.2) is 40.5 Å². The van der Waals surface area contributed by atoms with Crippen LogP contribution in [0.4, 0.5) is 4.79 Å². The fourth-order valence-corrected chi connectivity index (χ4v) is 2.80. The summed E-state index contributed by atoms with van der Waals surface area (Å²) in [7, 11) is 0. The summed E-state index contributed by atoms with van der Waals surface area (Å²) in [5.74, 6) is 1.90. The van der Waals surface area contributed by atoms with E-state index in [1.807, 2.05) is 13.0 Å². The Labute approximate surface area is 149 Å². The monoisotopic (exact) mass is 355 g/mol. The number of nitrogens with zero attached hydrogens (tertiary/aromatic N) is 1. The maximum atomic E-state index is 12.4. The van der Waals surface area contributed by atoms with Crippen molar-refractivity contribution in [3.8, 4) is 11.5 Å². The van der Waals surface area contributed by atoms with Crippen molar-refractivity contribution in [3.05, 3.63) is 53.2 Å². The number of carbonyl (C=O) groups excluding carboxylic acids is 2. The summed E-state index contributed by atoms with van der Waals surface area (Å²) in [5.41, 5.74) is 0.422. The van der Waals surface area contributed by atoms with Gasteiger partial charge in [-0.2, -0.15) is 0 Å². The molecule has 1 fully saturated rings. The van der Waals surface area contributed by atoms with Crippen molar-refractivity contribution in [1.29, 1.82) is 0 Å². The fraction of sp³-hybridized carbons (Fsp3) is 0.263. The van der Waals surface area contributed by atoms with Gasteiger partial charge in [0.05, 0.1) is 18.8 Å². The number of carbonyl (C=O) groups is 2. The highest BCUT2D eigenvalue weighted by molar-refractivity contribution is 6.14. The smallest absolute Gasteiger partial charge is 0.415 e. The van der Waals surface area contributed by atoms with Crippen molar-refractivity contribution < 1.29 is 28.2 Å². The topological polar surface area (TPSA) is 78.2 Å². The molecule has 26 heavy (non-hydrogen) atoms. The zero-order chi connectivity index (χ0) is 18.1. The lowest BCUT2D eigenvalue weighted by molar-refractivity contribution is 0.0416. The molecular weight excluding hydrogens is 338 g/mol. The van der Waals surface area contributed by atoms with Crippen LogP contribution < -0.4 is 9.47 Å². The lowest BCUT2D eigenvalue weighted by Gasteiger charge is -2.25. The fourth-order valence-electron chi connectivity index (χ4n) is 2.80. The first kappa shape index (κ1) is 16.4. The number of fused-ring (bicyclic) bond motifs is 1. The van der Waals surface area contributed by atoms with E-state index in [0.717, 1.165) is 5.76 Å². The number of amides is 1. The van der Waals surface area contributed by atoms with Gasteiger partial charge in [0.2, 0.25) is 5.78 Å². The number of morpholine rings is 1. The van der Waals surface area contributed by atoms with Crippen molar-refractivity contribution in [3.63, 3.8) is 0 Å². The van der Waals surface area contributed by atoms with E-state index in [2.05, 4.69) is 0 Å². The Morgan fingerprint density at radius 1 is 1.19 bits per heavy atom. The normalized spacial score (nSPS) is 18.0. The number of hydrogen-bond donors (Lipinski definition) is 0. The Balaban J connectivity index is 1.50. The minimum Gasteiger partial charge on any atom is -0.462 e. The second-order valence-electron chi connectivity index (χ2n) is 6.01. The molecule has 1 amide bonds. The van der Waals surface area contributed by atoms with Gasteiger partial charge in [-0.05, 0) is 31.2 Å². The summed E-state index contributed by atoms with van der Waals surface area (Å²) in [6, 6.07) is 8.28. The molecule has 0 radical (unpaired) electrons. The molecule has 1 saturated heterocycles. The molecule has 3 heterocycles. The number of ether oxygens (including phenoxy) is 3. The average Bonchev–Trinajstić information content (AvgIpc) is 3.19. The molecule has 0 saturated carbocycles. The highest BCUT2D eigenvalue weighted by Gasteiger charge is 2.29. The van der Waals surface area contributed by atoms with Crippen molar-refractivity contribution in [2.24, 2.45) is 0 Å². The number of allylic oxidation sites excluding steroid dienone is 1. The molecule has 0 aliphatic carbocycles. The Bertz CT molecular complexity index is 891. The molecule has 7 nitrogen and oxygen atoms in total. The minimum atomic E-state index is -0.445. The van der Waals surface area contributed by atoms with Crippen molar-refractivity contribution in [2.45, 2.75) is 6.92 Å². The molecule has 0 unspecified atom stereocenters. The highest BCUT2D eigenvalue weighted by Crippen LogP contribution is 2.35. The van der Waals surface area contributed by atoms with Crippen molar-refractivity contribution >= 4 is 18.0 Å². The van der Waals surface area contributed by atoms with Crippen LogP contribution in [0.2, 0.25) is 0 Å². The molecule has 4 rings (SSSR count). The maximum Gasteiger partial charge on any atom is 0.415 e. The van der Waals surface area contributed by atoms with Crippen LogP contribution in [0.25, 0.3) is 6.08 Å². The molecule has 2 aliphatic rings. The molecule has 7 heteroatoms. The first-order chi connectivity index (χ1) is 12.6. The molecule has 2 aromatic rings. The summed E-state index contributed by atoms with van der Waals surface area (Å²) in [5, 5.41) is 0. The summed E-state index contributed by atoms with van der Waals surface area (Å²) >= 11 is 0. The molecule has 134 valence electrons. The number of rotatable bonds is 2. The number of hydrogen-bond acceptors (Lipinski definition) is 6. The largest absolute Gasteiger partial charge is 0.462 e. The van der Waals surface area contributed by atoms with Crippen LogP contribution in [-0.4, -0.2) is 43.1 Å². The van der Waals surface area contributed by atoms with Crippen LogP contribution in [0.1, 0.15) is 21.9 Å². The van der Waals surface area contributed by atoms with E-state index in [0.29, 0.717) is 49.1 Å². The van der Waals surface area contributed by atoms with Gasteiger partial charge in [-0.3, -0.25) is 4.79 Å². The zero-order valence-corrected chi connectivity index (χ0v) is 14.2. The van der Waals surface area contributed by atoms with Crippen LogP contribution in [0.5, 0.6) is 11.5 Å². The van der Waals surface area contributed by atoms with Crippen LogP contribution in [-0.2, 0) is 4.74 Å². The standard InChI is InChI=1S/C19H17NO6/c1-12-2-3-13(24-12)11-17-18(21)15-5-4-14(10-16(15)26-17)25-19(22)20-6-8-23-9-7-20/h2-5,10-11H,6-9H2,1H3. The molecule has 0 bridgehead atoms. The lowest BCUT2D eigenvalue weighted by atomic mass is 10.1. The Morgan fingerprint density at radius 3 is 2.73 bits per heavy atom. The van der Waals surface area contributed by atoms with Gasteiger partial charge >= 0.3 is 6.09 Å². The average molecular weight is 355 g/mol. The third kappa shape index (κ3) is 3.21. The van der Waals surface area contributed by atoms with E-state index in [1.54, 1.807) is 35.2 Å². The third-order valence-corrected chi connectivity index (χ3v) is 4.15. The predicted octanol–water partition coefficient (Wildman–Crippen LogP) is 3.04. The van der Waals surface area contributed by atoms with Crippen molar-refractivity contribution in [2.75, 3.05) is 26.3 Å². The van der Waals surface area contributed by atoms with Gasteiger partial charge in [-0.25, -0.2) is 4.79 Å². The molecule has 0 atom stereocenters. The van der Waals surface area contributed by atoms with E-state index in [1.165, 1.54) is 0 Å². The van der Waals surface area contributed by atoms with Crippen LogP contribution in [0, 0.1) is 6.92 Å². The van der Waals surface area contributed by atoms with E-state index in [-0.39, 0.29) is 11.5 Å². The zero-order valence-electron chi connectivity index (χ0n) is 14.2. The molecule has 0 spiro atoms. The van der Waals surface area contributed by atoms with E-state index >= 15 is 0 Å². The van der Waals surface area contributed by atoms with E-state index in [9.17, 15) is 9.59 Å². The highest BCUT2D eigenvalue weighted by atomic mass is 16.6. The minimum absolute atomic E-state index is 0.172. The van der Waals surface area contributed by atoms with Crippen LogP contribution in [0.3, 0.4) is 0 Å². The summed E-state index contributed by atoms with van der Waals surface area (Å²) in [6.45, 7) is 3.81. The van der Waals surface area contributed by atoms with Gasteiger partial charge in [-0.1, -0.05) is 0 Å². The molecule has 1 aromatic carbocycles. The van der Waals surface area contributed by atoms with Crippen LogP contribution >= 0.6 is 0 Å². The van der Waals surface area contributed by atoms with E-state index in [4.69, 9.17) is 18.6 Å². The molecular formula is C19H17NO6. The first-order valence-electron chi connectivity index (χ1n) is 8.29. The Morgan fingerprint density at radius 2 is 2.00 bits per heavy atom. The number of aryl methyl sites for hydroxylation is 1. The number of ketones is 1. The SMILES string of the molecule is Cc1ccc(C=C2Oc3cc(OC(=O)N4CCOCC4)ccc3C2=O)o1. The predicted molar refractivity (Wildman–Crippen MR) is 91.2 cm³/mol. The molecule has 2 aliphatic heterocycles. The number of furan rings is 1. The van der Waals surface area contributed by atoms with Crippen molar-refractivity contribution in [1.82, 2.24) is 4.90 Å². The summed E-state index contributed by atoms with van der Waals surface area (Å²) in [4.78, 5) is 26.2. The van der Waals surface area contributed by atoms with Gasteiger partial charge in [0.15, 0.2) is 5.76 Å². The maximum absolute atomic E-state index is 12.4. The van der Waals surface area contributed by atoms with Gasteiger partial charge in [0.25, 0.3) is 0 Å². The first-order valence-corrected chi connectivity index (χ1v) is 8.29. The van der Waals surface area contributed by atoms with Gasteiger partial charge in [0, 0.05) is 25.2 Å². The second kappa shape index (κ2) is 6.68. The van der Waals surface area contributed by atoms with Gasteiger partial charge in [-0.15, -0.1) is 0 Å². The number of benzene rings is 1.